The number of rotatable bonds is 3. The van der Waals surface area contributed by atoms with Crippen LogP contribution in [-0.4, -0.2) is 15.5 Å². The van der Waals surface area contributed by atoms with Crippen molar-refractivity contribution in [2.75, 3.05) is 0 Å². The number of para-hydroxylation sites is 2. The summed E-state index contributed by atoms with van der Waals surface area (Å²) in [6.07, 6.45) is 0. The number of nitrogens with zero attached hydrogens (tertiary/aromatic N) is 2. The molecule has 0 radical (unpaired) electrons. The monoisotopic (exact) mass is 257 g/mol. The fourth-order valence-corrected chi connectivity index (χ4v) is 2.71. The zero-order chi connectivity index (χ0) is 12.5. The van der Waals surface area contributed by atoms with Gasteiger partial charge in [0, 0.05) is 0 Å². The zero-order valence-electron chi connectivity index (χ0n) is 9.54. The van der Waals surface area contributed by atoms with Gasteiger partial charge in [0.05, 0.1) is 15.9 Å². The lowest BCUT2D eigenvalue weighted by Crippen LogP contribution is -2.19. The maximum atomic E-state index is 11.2. The van der Waals surface area contributed by atoms with Crippen LogP contribution >= 0.6 is 11.3 Å². The van der Waals surface area contributed by atoms with Crippen LogP contribution in [0.2, 0.25) is 0 Å². The Hall–Kier alpha value is -2.14. The van der Waals surface area contributed by atoms with Gasteiger partial charge in [-0.15, -0.1) is 11.3 Å². The van der Waals surface area contributed by atoms with E-state index in [1.807, 2.05) is 46.3 Å². The summed E-state index contributed by atoms with van der Waals surface area (Å²) < 4.78 is 1.86. The first-order valence-electron chi connectivity index (χ1n) is 5.53. The van der Waals surface area contributed by atoms with Gasteiger partial charge in [-0.3, -0.25) is 4.79 Å². The number of carbonyl (C=O) groups is 1. The molecule has 0 fully saturated rings. The first-order valence-corrected chi connectivity index (χ1v) is 6.41. The molecule has 90 valence electrons. The van der Waals surface area contributed by atoms with Gasteiger partial charge in [-0.05, 0) is 23.6 Å². The molecule has 2 aromatic heterocycles. The number of thiophene rings is 1. The number of fused-ring (bicyclic) bond motifs is 1. The van der Waals surface area contributed by atoms with E-state index in [-0.39, 0.29) is 12.5 Å². The molecule has 3 aromatic rings. The minimum Gasteiger partial charge on any atom is -0.368 e. The Morgan fingerprint density at radius 2 is 2.11 bits per heavy atom. The molecule has 2 N–H and O–H groups in total. The van der Waals surface area contributed by atoms with Gasteiger partial charge in [-0.25, -0.2) is 4.98 Å². The molecule has 5 heteroatoms. The summed E-state index contributed by atoms with van der Waals surface area (Å²) in [4.78, 5) is 16.8. The Labute approximate surface area is 108 Å². The van der Waals surface area contributed by atoms with Crippen LogP contribution in [0.5, 0.6) is 0 Å². The van der Waals surface area contributed by atoms with E-state index in [1.54, 1.807) is 11.3 Å². The van der Waals surface area contributed by atoms with Crippen molar-refractivity contribution in [3.05, 3.63) is 41.8 Å². The quantitative estimate of drug-likeness (QED) is 0.782. The van der Waals surface area contributed by atoms with E-state index in [9.17, 15) is 4.79 Å². The number of carbonyl (C=O) groups excluding carboxylic acids is 1. The van der Waals surface area contributed by atoms with Gasteiger partial charge in [0.1, 0.15) is 6.54 Å². The highest BCUT2D eigenvalue weighted by atomic mass is 32.1. The summed E-state index contributed by atoms with van der Waals surface area (Å²) in [7, 11) is 0. The third kappa shape index (κ3) is 1.78. The summed E-state index contributed by atoms with van der Waals surface area (Å²) in [5.74, 6) is 0.431. The van der Waals surface area contributed by atoms with Crippen molar-refractivity contribution in [3.63, 3.8) is 0 Å². The van der Waals surface area contributed by atoms with E-state index in [2.05, 4.69) is 4.98 Å². The molecule has 0 aliphatic rings. The van der Waals surface area contributed by atoms with Gasteiger partial charge in [-0.1, -0.05) is 18.2 Å². The molecule has 2 heterocycles. The van der Waals surface area contributed by atoms with Crippen molar-refractivity contribution in [1.29, 1.82) is 0 Å². The molecule has 0 aliphatic carbocycles. The molecule has 1 amide bonds. The molecule has 3 rings (SSSR count). The second-order valence-electron chi connectivity index (χ2n) is 3.95. The van der Waals surface area contributed by atoms with Gasteiger partial charge in [0.2, 0.25) is 5.91 Å². The van der Waals surface area contributed by atoms with Crippen LogP contribution < -0.4 is 5.73 Å². The SMILES string of the molecule is NC(=O)Cn1c(-c2cccs2)nc2ccccc21. The predicted molar refractivity (Wildman–Crippen MR) is 72.2 cm³/mol. The van der Waals surface area contributed by atoms with E-state index in [0.29, 0.717) is 0 Å². The second kappa shape index (κ2) is 4.27. The molecule has 4 nitrogen and oxygen atoms in total. The molecule has 0 saturated carbocycles. The number of nitrogens with two attached hydrogens (primary N) is 1. The highest BCUT2D eigenvalue weighted by molar-refractivity contribution is 7.13. The first kappa shape index (κ1) is 11.0. The van der Waals surface area contributed by atoms with Crippen molar-refractivity contribution >= 4 is 28.3 Å². The second-order valence-corrected chi connectivity index (χ2v) is 4.90. The van der Waals surface area contributed by atoms with Crippen molar-refractivity contribution < 1.29 is 4.79 Å². The molecule has 0 atom stereocenters. The number of hydrogen-bond acceptors (Lipinski definition) is 3. The van der Waals surface area contributed by atoms with E-state index in [0.717, 1.165) is 21.7 Å². The maximum absolute atomic E-state index is 11.2. The molecule has 0 aliphatic heterocycles. The summed E-state index contributed by atoms with van der Waals surface area (Å²) in [6, 6.07) is 11.7. The molecule has 1 aromatic carbocycles. The van der Waals surface area contributed by atoms with Crippen LogP contribution in [0.4, 0.5) is 0 Å². The average molecular weight is 257 g/mol. The number of imidazole rings is 1. The van der Waals surface area contributed by atoms with Gasteiger partial charge >= 0.3 is 0 Å². The van der Waals surface area contributed by atoms with Crippen LogP contribution in [-0.2, 0) is 11.3 Å². The number of amides is 1. The molecule has 0 bridgehead atoms. The zero-order valence-corrected chi connectivity index (χ0v) is 10.4. The van der Waals surface area contributed by atoms with E-state index in [4.69, 9.17) is 5.73 Å². The highest BCUT2D eigenvalue weighted by Gasteiger charge is 2.14. The van der Waals surface area contributed by atoms with Crippen molar-refractivity contribution in [2.45, 2.75) is 6.54 Å². The largest absolute Gasteiger partial charge is 0.368 e. The van der Waals surface area contributed by atoms with Crippen LogP contribution in [0.1, 0.15) is 0 Å². The van der Waals surface area contributed by atoms with Crippen molar-refractivity contribution in [3.8, 4) is 10.7 Å². The third-order valence-corrected chi connectivity index (χ3v) is 3.58. The Balaban J connectivity index is 2.26. The Kier molecular flexibility index (Phi) is 2.60. The Bertz CT molecular complexity index is 700. The van der Waals surface area contributed by atoms with Crippen LogP contribution in [0.25, 0.3) is 21.7 Å². The van der Waals surface area contributed by atoms with Gasteiger partial charge in [-0.2, -0.15) is 0 Å². The molecular weight excluding hydrogens is 246 g/mol. The van der Waals surface area contributed by atoms with Gasteiger partial charge in [0.15, 0.2) is 5.82 Å². The predicted octanol–water partition coefficient (Wildman–Crippen LogP) is 2.25. The van der Waals surface area contributed by atoms with E-state index in [1.165, 1.54) is 0 Å². The molecule has 0 unspecified atom stereocenters. The highest BCUT2D eigenvalue weighted by Crippen LogP contribution is 2.27. The topological polar surface area (TPSA) is 60.9 Å². The fourth-order valence-electron chi connectivity index (χ4n) is 1.99. The van der Waals surface area contributed by atoms with Gasteiger partial charge < -0.3 is 10.3 Å². The van der Waals surface area contributed by atoms with E-state index >= 15 is 0 Å². The smallest absolute Gasteiger partial charge is 0.237 e. The van der Waals surface area contributed by atoms with Crippen LogP contribution in [0.15, 0.2) is 41.8 Å². The number of hydrogen-bond donors (Lipinski definition) is 1. The van der Waals surface area contributed by atoms with Gasteiger partial charge in [0.25, 0.3) is 0 Å². The number of primary amides is 1. The molecule has 0 saturated heterocycles. The summed E-state index contributed by atoms with van der Waals surface area (Å²) in [5, 5.41) is 1.99. The number of benzene rings is 1. The summed E-state index contributed by atoms with van der Waals surface area (Å²) >= 11 is 1.60. The minimum atomic E-state index is -0.365. The summed E-state index contributed by atoms with van der Waals surface area (Å²) in [5.41, 5.74) is 7.12. The van der Waals surface area contributed by atoms with Crippen molar-refractivity contribution in [2.24, 2.45) is 5.73 Å². The Morgan fingerprint density at radius 3 is 2.83 bits per heavy atom. The maximum Gasteiger partial charge on any atom is 0.237 e. The van der Waals surface area contributed by atoms with E-state index < -0.39 is 0 Å². The lowest BCUT2D eigenvalue weighted by atomic mass is 10.3. The van der Waals surface area contributed by atoms with Crippen LogP contribution in [0, 0.1) is 0 Å². The third-order valence-electron chi connectivity index (χ3n) is 2.71. The summed E-state index contributed by atoms with van der Waals surface area (Å²) in [6.45, 7) is 0.147. The number of aromatic nitrogens is 2. The average Bonchev–Trinajstić information content (AvgIpc) is 2.96. The molecule has 0 spiro atoms. The minimum absolute atomic E-state index is 0.147. The van der Waals surface area contributed by atoms with Crippen LogP contribution in [0.3, 0.4) is 0 Å². The Morgan fingerprint density at radius 1 is 1.28 bits per heavy atom. The molecular formula is C13H11N3OS. The molecule has 18 heavy (non-hydrogen) atoms. The first-order chi connectivity index (χ1) is 8.75. The normalized spacial score (nSPS) is 10.9. The lowest BCUT2D eigenvalue weighted by molar-refractivity contribution is -0.118. The lowest BCUT2D eigenvalue weighted by Gasteiger charge is -2.04. The fraction of sp³-hybridized carbons (Fsp3) is 0.0769. The standard InChI is InChI=1S/C13H11N3OS/c14-12(17)8-16-10-5-2-1-4-9(10)15-13(16)11-6-3-7-18-11/h1-7H,8H2,(H2,14,17). The van der Waals surface area contributed by atoms with Crippen molar-refractivity contribution in [1.82, 2.24) is 9.55 Å².